The topological polar surface area (TPSA) is 29.5 Å². The van der Waals surface area contributed by atoms with Crippen LogP contribution in [0.15, 0.2) is 12.1 Å². The summed E-state index contributed by atoms with van der Waals surface area (Å²) >= 11 is 5.94. The smallest absolute Gasteiger partial charge is 0.125 e. The third-order valence-electron chi connectivity index (χ3n) is 2.30. The van der Waals surface area contributed by atoms with E-state index in [4.69, 9.17) is 16.3 Å². The molecule has 13 heavy (non-hydrogen) atoms. The van der Waals surface area contributed by atoms with Crippen LogP contribution in [0.3, 0.4) is 0 Å². The molecule has 70 valence electrons. The summed E-state index contributed by atoms with van der Waals surface area (Å²) in [5, 5.41) is 10.3. The summed E-state index contributed by atoms with van der Waals surface area (Å²) in [6.07, 6.45) is 0.216. The highest BCUT2D eigenvalue weighted by Gasteiger charge is 2.20. The van der Waals surface area contributed by atoms with Gasteiger partial charge in [-0.2, -0.15) is 0 Å². The number of aliphatic hydroxyl groups is 1. The Labute approximate surface area is 82.1 Å². The molecule has 0 saturated carbocycles. The molecule has 2 rings (SSSR count). The fourth-order valence-corrected chi connectivity index (χ4v) is 1.66. The van der Waals surface area contributed by atoms with E-state index in [0.29, 0.717) is 18.1 Å². The second-order valence-electron chi connectivity index (χ2n) is 3.29. The Balaban J connectivity index is 2.52. The van der Waals surface area contributed by atoms with E-state index >= 15 is 0 Å². The number of ether oxygens (including phenoxy) is 1. The number of aliphatic hydroxyl groups excluding tert-OH is 1. The van der Waals surface area contributed by atoms with E-state index in [2.05, 4.69) is 0 Å². The third-order valence-corrected chi connectivity index (χ3v) is 2.71. The van der Waals surface area contributed by atoms with Crippen molar-refractivity contribution < 1.29 is 9.84 Å². The summed E-state index contributed by atoms with van der Waals surface area (Å²) in [6, 6.07) is 3.66. The minimum atomic E-state index is -0.429. The summed E-state index contributed by atoms with van der Waals surface area (Å²) in [5.41, 5.74) is 1.79. The van der Waals surface area contributed by atoms with Gasteiger partial charge in [0.15, 0.2) is 0 Å². The second-order valence-corrected chi connectivity index (χ2v) is 3.70. The largest absolute Gasteiger partial charge is 0.493 e. The molecule has 0 fully saturated rings. The second kappa shape index (κ2) is 3.20. The average Bonchev–Trinajstić information content (AvgIpc) is 2.09. The molecule has 1 aromatic carbocycles. The maximum absolute atomic E-state index is 9.64. The van der Waals surface area contributed by atoms with Crippen molar-refractivity contribution in [2.24, 2.45) is 0 Å². The van der Waals surface area contributed by atoms with Gasteiger partial charge in [0.2, 0.25) is 0 Å². The predicted molar refractivity (Wildman–Crippen MR) is 51.3 cm³/mol. The van der Waals surface area contributed by atoms with Gasteiger partial charge in [0.1, 0.15) is 5.75 Å². The van der Waals surface area contributed by atoms with Crippen molar-refractivity contribution in [2.45, 2.75) is 19.4 Å². The molecule has 0 amide bonds. The summed E-state index contributed by atoms with van der Waals surface area (Å²) in [6.45, 7) is 2.50. The normalized spacial score (nSPS) is 20.7. The van der Waals surface area contributed by atoms with Gasteiger partial charge in [-0.3, -0.25) is 0 Å². The Morgan fingerprint density at radius 3 is 3.08 bits per heavy atom. The quantitative estimate of drug-likeness (QED) is 0.694. The molecule has 1 atom stereocenters. The maximum Gasteiger partial charge on any atom is 0.125 e. The van der Waals surface area contributed by atoms with Gasteiger partial charge in [-0.1, -0.05) is 11.6 Å². The number of hydrogen-bond acceptors (Lipinski definition) is 2. The van der Waals surface area contributed by atoms with Crippen LogP contribution in [0.2, 0.25) is 5.02 Å². The van der Waals surface area contributed by atoms with E-state index in [1.165, 1.54) is 0 Å². The van der Waals surface area contributed by atoms with Crippen LogP contribution >= 0.6 is 11.6 Å². The molecule has 1 aromatic rings. The van der Waals surface area contributed by atoms with E-state index in [1.807, 2.05) is 13.0 Å². The third kappa shape index (κ3) is 1.52. The van der Waals surface area contributed by atoms with Crippen LogP contribution in [-0.2, 0) is 0 Å². The van der Waals surface area contributed by atoms with Crippen molar-refractivity contribution in [1.29, 1.82) is 0 Å². The number of halogens is 1. The Kier molecular flexibility index (Phi) is 2.18. The van der Waals surface area contributed by atoms with Crippen molar-refractivity contribution in [3.8, 4) is 5.75 Å². The first-order chi connectivity index (χ1) is 6.18. The predicted octanol–water partition coefficient (Wildman–Crippen LogP) is 2.46. The molecule has 1 heterocycles. The van der Waals surface area contributed by atoms with E-state index in [0.717, 1.165) is 16.9 Å². The molecule has 3 heteroatoms. The molecule has 0 radical (unpaired) electrons. The number of hydrogen-bond donors (Lipinski definition) is 1. The first-order valence-electron chi connectivity index (χ1n) is 4.29. The Morgan fingerprint density at radius 2 is 2.31 bits per heavy atom. The molecule has 0 aliphatic carbocycles. The first kappa shape index (κ1) is 8.85. The summed E-state index contributed by atoms with van der Waals surface area (Å²) < 4.78 is 5.41. The van der Waals surface area contributed by atoms with E-state index < -0.39 is 6.10 Å². The van der Waals surface area contributed by atoms with Gasteiger partial charge in [-0.05, 0) is 24.6 Å². The fraction of sp³-hybridized carbons (Fsp3) is 0.400. The molecule has 0 saturated heterocycles. The molecule has 2 nitrogen and oxygen atoms in total. The van der Waals surface area contributed by atoms with Crippen LogP contribution in [0.25, 0.3) is 0 Å². The molecule has 1 aliphatic rings. The van der Waals surface area contributed by atoms with Crippen molar-refractivity contribution in [3.63, 3.8) is 0 Å². The Hall–Kier alpha value is -0.730. The standard InChI is InChI=1S/C10H11ClO2/c1-6-4-10-7(5-8(6)11)9(12)2-3-13-10/h4-5,9,12H,2-3H2,1H3. The summed E-state index contributed by atoms with van der Waals surface area (Å²) in [4.78, 5) is 0. The Bertz CT molecular complexity index is 336. The molecule has 0 aromatic heterocycles. The lowest BCUT2D eigenvalue weighted by Gasteiger charge is -2.22. The van der Waals surface area contributed by atoms with Gasteiger partial charge in [0.25, 0.3) is 0 Å². The molecule has 1 unspecified atom stereocenters. The number of rotatable bonds is 0. The number of fused-ring (bicyclic) bond motifs is 1. The van der Waals surface area contributed by atoms with Gasteiger partial charge < -0.3 is 9.84 Å². The van der Waals surface area contributed by atoms with E-state index in [-0.39, 0.29) is 0 Å². The zero-order valence-electron chi connectivity index (χ0n) is 7.38. The van der Waals surface area contributed by atoms with E-state index in [9.17, 15) is 5.11 Å². The number of aryl methyl sites for hydroxylation is 1. The highest BCUT2D eigenvalue weighted by atomic mass is 35.5. The van der Waals surface area contributed by atoms with Crippen molar-refractivity contribution in [1.82, 2.24) is 0 Å². The monoisotopic (exact) mass is 198 g/mol. The minimum absolute atomic E-state index is 0.429. The Morgan fingerprint density at radius 1 is 1.54 bits per heavy atom. The van der Waals surface area contributed by atoms with Crippen LogP contribution in [0, 0.1) is 6.92 Å². The van der Waals surface area contributed by atoms with Crippen molar-refractivity contribution >= 4 is 11.6 Å². The van der Waals surface area contributed by atoms with Crippen molar-refractivity contribution in [2.75, 3.05) is 6.61 Å². The molecule has 0 bridgehead atoms. The lowest BCUT2D eigenvalue weighted by Crippen LogP contribution is -2.13. The molecular formula is C10H11ClO2. The van der Waals surface area contributed by atoms with Gasteiger partial charge in [0.05, 0.1) is 12.7 Å². The minimum Gasteiger partial charge on any atom is -0.493 e. The SMILES string of the molecule is Cc1cc2c(cc1Cl)C(O)CCO2. The van der Waals surface area contributed by atoms with Gasteiger partial charge >= 0.3 is 0 Å². The van der Waals surface area contributed by atoms with E-state index in [1.54, 1.807) is 6.07 Å². The first-order valence-corrected chi connectivity index (χ1v) is 4.67. The van der Waals surface area contributed by atoms with Gasteiger partial charge in [0, 0.05) is 17.0 Å². The fourth-order valence-electron chi connectivity index (χ4n) is 1.49. The number of benzene rings is 1. The van der Waals surface area contributed by atoms with Crippen LogP contribution in [0.1, 0.15) is 23.7 Å². The van der Waals surface area contributed by atoms with Gasteiger partial charge in [-0.15, -0.1) is 0 Å². The lowest BCUT2D eigenvalue weighted by atomic mass is 10.0. The maximum atomic E-state index is 9.64. The summed E-state index contributed by atoms with van der Waals surface area (Å²) in [7, 11) is 0. The van der Waals surface area contributed by atoms with Crippen LogP contribution in [0.5, 0.6) is 5.75 Å². The lowest BCUT2D eigenvalue weighted by molar-refractivity contribution is 0.115. The van der Waals surface area contributed by atoms with Crippen LogP contribution in [-0.4, -0.2) is 11.7 Å². The zero-order valence-corrected chi connectivity index (χ0v) is 8.14. The molecular weight excluding hydrogens is 188 g/mol. The van der Waals surface area contributed by atoms with Crippen LogP contribution < -0.4 is 4.74 Å². The summed E-state index contributed by atoms with van der Waals surface area (Å²) in [5.74, 6) is 0.764. The molecule has 0 spiro atoms. The van der Waals surface area contributed by atoms with Crippen molar-refractivity contribution in [3.05, 3.63) is 28.3 Å². The van der Waals surface area contributed by atoms with Gasteiger partial charge in [-0.25, -0.2) is 0 Å². The molecule has 1 N–H and O–H groups in total. The molecule has 1 aliphatic heterocycles. The highest BCUT2D eigenvalue weighted by molar-refractivity contribution is 6.31. The average molecular weight is 199 g/mol. The highest BCUT2D eigenvalue weighted by Crippen LogP contribution is 2.35. The zero-order chi connectivity index (χ0) is 9.42. The van der Waals surface area contributed by atoms with Crippen LogP contribution in [0.4, 0.5) is 0 Å².